The van der Waals surface area contributed by atoms with Crippen molar-refractivity contribution in [1.82, 2.24) is 5.32 Å². The number of ether oxygens (including phenoxy) is 1. The number of carbonyl (C=O) groups excluding carboxylic acids is 3. The highest BCUT2D eigenvalue weighted by Gasteiger charge is 2.18. The Morgan fingerprint density at radius 3 is 2.56 bits per heavy atom. The fourth-order valence-corrected chi connectivity index (χ4v) is 2.37. The van der Waals surface area contributed by atoms with Gasteiger partial charge in [0.25, 0.3) is 5.91 Å². The van der Waals surface area contributed by atoms with Gasteiger partial charge in [-0.3, -0.25) is 9.59 Å². The molecule has 1 rings (SSSR count). The van der Waals surface area contributed by atoms with Crippen LogP contribution in [-0.2, 0) is 14.3 Å². The van der Waals surface area contributed by atoms with Crippen LogP contribution < -0.4 is 16.4 Å². The van der Waals surface area contributed by atoms with Crippen LogP contribution in [0.2, 0.25) is 10.0 Å². The van der Waals surface area contributed by atoms with Crippen molar-refractivity contribution in [2.45, 2.75) is 38.7 Å². The third-order valence-corrected chi connectivity index (χ3v) is 3.77. The zero-order chi connectivity index (χ0) is 18.8. The lowest BCUT2D eigenvalue weighted by atomic mass is 10.2. The van der Waals surface area contributed by atoms with E-state index in [1.54, 1.807) is 12.1 Å². The highest BCUT2D eigenvalue weighted by atomic mass is 35.5. The van der Waals surface area contributed by atoms with Crippen LogP contribution in [0.25, 0.3) is 0 Å². The number of carbonyl (C=O) groups is 3. The topological polar surface area (TPSA) is 111 Å². The summed E-state index contributed by atoms with van der Waals surface area (Å²) in [5.74, 6) is -0.948. The molecular formula is C16H21Cl2N3O4. The van der Waals surface area contributed by atoms with Crippen LogP contribution in [0.15, 0.2) is 18.2 Å². The lowest BCUT2D eigenvalue weighted by molar-refractivity contribution is -0.153. The number of hydrogen-bond acceptors (Lipinski definition) is 4. The number of rotatable bonds is 9. The molecule has 3 amide bonds. The molecule has 0 heterocycles. The average molecular weight is 390 g/mol. The Morgan fingerprint density at radius 1 is 1.20 bits per heavy atom. The minimum Gasteiger partial charge on any atom is -0.453 e. The van der Waals surface area contributed by atoms with Crippen molar-refractivity contribution in [3.63, 3.8) is 0 Å². The molecule has 0 spiro atoms. The van der Waals surface area contributed by atoms with Crippen LogP contribution in [0.3, 0.4) is 0 Å². The molecule has 138 valence electrons. The maximum atomic E-state index is 12.0. The maximum absolute atomic E-state index is 12.0. The standard InChI is InChI=1S/C16H21Cl2N3O4/c1-10(15(23)21-13-7-6-11(17)9-12(13)18)25-14(22)5-3-2-4-8-20-16(19)24/h6-7,9-10H,2-5,8H2,1H3,(H,21,23)(H3,19,20,24)/t10-/m1/s1. The second-order valence-electron chi connectivity index (χ2n) is 5.35. The van der Waals surface area contributed by atoms with E-state index in [1.165, 1.54) is 13.0 Å². The van der Waals surface area contributed by atoms with Crippen LogP contribution in [0.4, 0.5) is 10.5 Å². The zero-order valence-electron chi connectivity index (χ0n) is 13.8. The Bertz CT molecular complexity index is 625. The van der Waals surface area contributed by atoms with Crippen molar-refractivity contribution in [3.8, 4) is 0 Å². The molecule has 0 saturated heterocycles. The quantitative estimate of drug-likeness (QED) is 0.444. The number of esters is 1. The number of anilines is 1. The van der Waals surface area contributed by atoms with Crippen molar-refractivity contribution in [1.29, 1.82) is 0 Å². The third kappa shape index (κ3) is 8.60. The largest absolute Gasteiger partial charge is 0.453 e. The Hall–Kier alpha value is -1.99. The van der Waals surface area contributed by atoms with E-state index < -0.39 is 24.0 Å². The fraction of sp³-hybridized carbons (Fsp3) is 0.438. The van der Waals surface area contributed by atoms with E-state index in [4.69, 9.17) is 33.7 Å². The summed E-state index contributed by atoms with van der Waals surface area (Å²) in [6.07, 6.45) is 1.28. The van der Waals surface area contributed by atoms with Gasteiger partial charge in [-0.05, 0) is 38.0 Å². The van der Waals surface area contributed by atoms with Gasteiger partial charge in [-0.15, -0.1) is 0 Å². The van der Waals surface area contributed by atoms with Gasteiger partial charge in [0.1, 0.15) is 0 Å². The van der Waals surface area contributed by atoms with E-state index >= 15 is 0 Å². The number of urea groups is 1. The van der Waals surface area contributed by atoms with Crippen molar-refractivity contribution in [2.75, 3.05) is 11.9 Å². The smallest absolute Gasteiger partial charge is 0.312 e. The van der Waals surface area contributed by atoms with E-state index in [0.717, 1.165) is 6.42 Å². The first kappa shape index (κ1) is 21.1. The van der Waals surface area contributed by atoms with Crippen LogP contribution in [0.1, 0.15) is 32.6 Å². The molecule has 25 heavy (non-hydrogen) atoms. The first-order valence-electron chi connectivity index (χ1n) is 7.78. The van der Waals surface area contributed by atoms with E-state index in [1.807, 2.05) is 0 Å². The first-order valence-corrected chi connectivity index (χ1v) is 8.54. The minimum atomic E-state index is -0.948. The molecular weight excluding hydrogens is 369 g/mol. The second kappa shape index (κ2) is 10.8. The molecule has 0 radical (unpaired) electrons. The van der Waals surface area contributed by atoms with Crippen molar-refractivity contribution in [3.05, 3.63) is 28.2 Å². The molecule has 0 fully saturated rings. The summed E-state index contributed by atoms with van der Waals surface area (Å²) in [6, 6.07) is 4.09. The van der Waals surface area contributed by atoms with E-state index in [-0.39, 0.29) is 6.42 Å². The summed E-state index contributed by atoms with van der Waals surface area (Å²) in [7, 11) is 0. The number of unbranched alkanes of at least 4 members (excludes halogenated alkanes) is 2. The summed E-state index contributed by atoms with van der Waals surface area (Å²) >= 11 is 11.8. The third-order valence-electron chi connectivity index (χ3n) is 3.22. The maximum Gasteiger partial charge on any atom is 0.312 e. The summed E-state index contributed by atoms with van der Waals surface area (Å²) < 4.78 is 5.08. The van der Waals surface area contributed by atoms with E-state index in [9.17, 15) is 14.4 Å². The van der Waals surface area contributed by atoms with Crippen molar-refractivity contribution >= 4 is 46.8 Å². The van der Waals surface area contributed by atoms with Gasteiger partial charge in [0.05, 0.1) is 10.7 Å². The predicted molar refractivity (Wildman–Crippen MR) is 96.7 cm³/mol. The molecule has 0 aliphatic carbocycles. The monoisotopic (exact) mass is 389 g/mol. The number of primary amides is 1. The molecule has 0 aliphatic rings. The molecule has 0 saturated carbocycles. The SMILES string of the molecule is C[C@@H](OC(=O)CCCCCNC(N)=O)C(=O)Nc1ccc(Cl)cc1Cl. The van der Waals surface area contributed by atoms with Crippen molar-refractivity contribution in [2.24, 2.45) is 5.73 Å². The molecule has 7 nitrogen and oxygen atoms in total. The highest BCUT2D eigenvalue weighted by molar-refractivity contribution is 6.36. The Kier molecular flexibility index (Phi) is 9.08. The van der Waals surface area contributed by atoms with Gasteiger partial charge < -0.3 is 21.1 Å². The molecule has 0 bridgehead atoms. The molecule has 1 atom stereocenters. The average Bonchev–Trinajstić information content (AvgIpc) is 2.52. The molecule has 0 aromatic heterocycles. The van der Waals surface area contributed by atoms with E-state index in [2.05, 4.69) is 10.6 Å². The van der Waals surface area contributed by atoms with E-state index in [0.29, 0.717) is 35.1 Å². The second-order valence-corrected chi connectivity index (χ2v) is 6.19. The van der Waals surface area contributed by atoms with Gasteiger partial charge in [-0.2, -0.15) is 0 Å². The Morgan fingerprint density at radius 2 is 1.92 bits per heavy atom. The minimum absolute atomic E-state index is 0.190. The Balaban J connectivity index is 2.29. The number of benzene rings is 1. The summed E-state index contributed by atoms with van der Waals surface area (Å²) in [5.41, 5.74) is 5.32. The van der Waals surface area contributed by atoms with Crippen LogP contribution >= 0.6 is 23.2 Å². The van der Waals surface area contributed by atoms with Gasteiger partial charge in [-0.25, -0.2) is 4.79 Å². The molecule has 9 heteroatoms. The molecule has 1 aromatic rings. The zero-order valence-corrected chi connectivity index (χ0v) is 15.3. The van der Waals surface area contributed by atoms with Crippen LogP contribution in [0.5, 0.6) is 0 Å². The molecule has 0 unspecified atom stereocenters. The van der Waals surface area contributed by atoms with Gasteiger partial charge in [0.2, 0.25) is 0 Å². The number of nitrogens with one attached hydrogen (secondary N) is 2. The highest BCUT2D eigenvalue weighted by Crippen LogP contribution is 2.25. The van der Waals surface area contributed by atoms with Crippen molar-refractivity contribution < 1.29 is 19.1 Å². The summed E-state index contributed by atoms with van der Waals surface area (Å²) in [5, 5.41) is 5.79. The van der Waals surface area contributed by atoms with Crippen LogP contribution in [0, 0.1) is 0 Å². The fourth-order valence-electron chi connectivity index (χ4n) is 1.92. The normalized spacial score (nSPS) is 11.5. The lowest BCUT2D eigenvalue weighted by Crippen LogP contribution is -2.30. The number of nitrogens with two attached hydrogens (primary N) is 1. The summed E-state index contributed by atoms with van der Waals surface area (Å²) in [4.78, 5) is 34.2. The van der Waals surface area contributed by atoms with Crippen LogP contribution in [-0.4, -0.2) is 30.6 Å². The molecule has 0 aliphatic heterocycles. The number of halogens is 2. The predicted octanol–water partition coefficient (Wildman–Crippen LogP) is 3.09. The van der Waals surface area contributed by atoms with Gasteiger partial charge in [0, 0.05) is 18.0 Å². The number of amides is 3. The van der Waals surface area contributed by atoms with Gasteiger partial charge >= 0.3 is 12.0 Å². The van der Waals surface area contributed by atoms with Gasteiger partial charge in [-0.1, -0.05) is 29.6 Å². The van der Waals surface area contributed by atoms with Gasteiger partial charge in [0.15, 0.2) is 6.10 Å². The first-order chi connectivity index (χ1) is 11.8. The Labute approximate surface area is 156 Å². The number of hydrogen-bond donors (Lipinski definition) is 3. The molecule has 4 N–H and O–H groups in total. The summed E-state index contributed by atoms with van der Waals surface area (Å²) in [6.45, 7) is 1.94. The molecule has 1 aromatic carbocycles. The lowest BCUT2D eigenvalue weighted by Gasteiger charge is -2.14.